The topological polar surface area (TPSA) is 55.0 Å². The Morgan fingerprint density at radius 1 is 0.870 bits per heavy atom. The normalized spacial score (nSPS) is 10.4. The maximum absolute atomic E-state index is 12.2. The van der Waals surface area contributed by atoms with Crippen LogP contribution >= 0.6 is 0 Å². The van der Waals surface area contributed by atoms with Crippen molar-refractivity contribution in [1.82, 2.24) is 9.55 Å². The number of H-pyrrole nitrogens is 1. The SMILES string of the molecule is [Mg+2].[O-]c1ccccc1-c1[nH+]c2cccnc2n1-c1ccccc1. The second-order valence-electron chi connectivity index (χ2n) is 5.02. The van der Waals surface area contributed by atoms with Crippen LogP contribution in [0, 0.1) is 0 Å². The molecule has 0 aliphatic rings. The van der Waals surface area contributed by atoms with Gasteiger partial charge in [-0.25, -0.2) is 9.97 Å². The molecule has 0 aliphatic heterocycles. The first-order valence-corrected chi connectivity index (χ1v) is 7.05. The van der Waals surface area contributed by atoms with Crippen LogP contribution in [0.1, 0.15) is 0 Å². The van der Waals surface area contributed by atoms with Gasteiger partial charge in [0.25, 0.3) is 11.5 Å². The number of benzene rings is 2. The fraction of sp³-hybridized carbons (Fsp3) is 0. The predicted octanol–water partition coefficient (Wildman–Crippen LogP) is 2.20. The second kappa shape index (κ2) is 6.40. The van der Waals surface area contributed by atoms with E-state index in [0.29, 0.717) is 5.56 Å². The van der Waals surface area contributed by atoms with Gasteiger partial charge in [0, 0.05) is 6.20 Å². The van der Waals surface area contributed by atoms with Crippen LogP contribution in [0.4, 0.5) is 0 Å². The molecular weight excluding hydrogens is 299 g/mol. The number of rotatable bonds is 2. The van der Waals surface area contributed by atoms with Crippen molar-refractivity contribution < 1.29 is 10.1 Å². The molecule has 0 unspecified atom stereocenters. The molecule has 1 N–H and O–H groups in total. The minimum Gasteiger partial charge on any atom is -0.872 e. The van der Waals surface area contributed by atoms with Gasteiger partial charge in [-0.15, -0.1) is 0 Å². The van der Waals surface area contributed by atoms with E-state index >= 15 is 0 Å². The number of para-hydroxylation sites is 2. The van der Waals surface area contributed by atoms with Gasteiger partial charge < -0.3 is 5.11 Å². The van der Waals surface area contributed by atoms with Crippen LogP contribution in [0.3, 0.4) is 0 Å². The summed E-state index contributed by atoms with van der Waals surface area (Å²) in [6, 6.07) is 20.7. The van der Waals surface area contributed by atoms with E-state index < -0.39 is 0 Å². The summed E-state index contributed by atoms with van der Waals surface area (Å²) < 4.78 is 1.98. The van der Waals surface area contributed by atoms with Crippen LogP contribution in [0.15, 0.2) is 72.9 Å². The molecule has 2 heterocycles. The van der Waals surface area contributed by atoms with Gasteiger partial charge in [0.1, 0.15) is 5.69 Å². The van der Waals surface area contributed by atoms with Crippen LogP contribution in [0.25, 0.3) is 28.2 Å². The number of fused-ring (bicyclic) bond motifs is 1. The summed E-state index contributed by atoms with van der Waals surface area (Å²) in [5, 5.41) is 12.2. The molecule has 0 fully saturated rings. The Bertz CT molecular complexity index is 951. The number of hydrogen-bond acceptors (Lipinski definition) is 2. The van der Waals surface area contributed by atoms with Gasteiger partial charge in [0.2, 0.25) is 0 Å². The molecule has 2 aromatic carbocycles. The van der Waals surface area contributed by atoms with Crippen molar-refractivity contribution in [3.05, 3.63) is 72.9 Å². The molecule has 0 aliphatic carbocycles. The Hall–Kier alpha value is -2.37. The smallest absolute Gasteiger partial charge is 0.872 e. The average molecular weight is 312 g/mol. The van der Waals surface area contributed by atoms with Crippen LogP contribution in [-0.4, -0.2) is 32.6 Å². The van der Waals surface area contributed by atoms with E-state index in [-0.39, 0.29) is 28.8 Å². The van der Waals surface area contributed by atoms with Crippen molar-refractivity contribution >= 4 is 34.2 Å². The van der Waals surface area contributed by atoms with Crippen LogP contribution in [0.5, 0.6) is 5.75 Å². The third kappa shape index (κ3) is 2.69. The van der Waals surface area contributed by atoms with E-state index in [4.69, 9.17) is 0 Å². The quantitative estimate of drug-likeness (QED) is 0.533. The summed E-state index contributed by atoms with van der Waals surface area (Å²) in [4.78, 5) is 7.78. The Balaban J connectivity index is 0.00000156. The minimum atomic E-state index is -0.0151. The summed E-state index contributed by atoms with van der Waals surface area (Å²) in [5.74, 6) is 0.726. The molecule has 4 aromatic rings. The van der Waals surface area contributed by atoms with Crippen LogP contribution in [0.2, 0.25) is 0 Å². The van der Waals surface area contributed by atoms with Crippen molar-refractivity contribution in [3.63, 3.8) is 0 Å². The Labute approximate surface area is 149 Å². The number of nitrogens with zero attached hydrogens (tertiary/aromatic N) is 2. The largest absolute Gasteiger partial charge is 2.00 e. The van der Waals surface area contributed by atoms with Gasteiger partial charge >= 0.3 is 23.1 Å². The first kappa shape index (κ1) is 15.5. The average Bonchev–Trinajstić information content (AvgIpc) is 2.95. The molecule has 0 amide bonds. The standard InChI is InChI=1S/C18H13N3O.Mg/c22-16-11-5-4-9-14(16)17-20-15-10-6-12-19-18(15)21(17)13-7-2-1-3-8-13;/h1-12,22H;/q;+2. The maximum Gasteiger partial charge on any atom is 2.00 e. The maximum atomic E-state index is 12.2. The van der Waals surface area contributed by atoms with E-state index in [1.165, 1.54) is 0 Å². The zero-order chi connectivity index (χ0) is 14.9. The summed E-state index contributed by atoms with van der Waals surface area (Å²) >= 11 is 0. The number of aromatic nitrogens is 3. The third-order valence-corrected chi connectivity index (χ3v) is 3.63. The fourth-order valence-corrected chi connectivity index (χ4v) is 2.64. The minimum absolute atomic E-state index is 0. The predicted molar refractivity (Wildman–Crippen MR) is 88.3 cm³/mol. The van der Waals surface area contributed by atoms with Gasteiger partial charge in [-0.05, 0) is 30.3 Å². The molecule has 2 aromatic heterocycles. The summed E-state index contributed by atoms with van der Waals surface area (Å²) in [6.45, 7) is 0. The van der Waals surface area contributed by atoms with Crippen molar-refractivity contribution in [2.75, 3.05) is 0 Å². The Morgan fingerprint density at radius 2 is 1.61 bits per heavy atom. The van der Waals surface area contributed by atoms with Gasteiger partial charge in [-0.3, -0.25) is 0 Å². The zero-order valence-electron chi connectivity index (χ0n) is 12.4. The van der Waals surface area contributed by atoms with Gasteiger partial charge in [0.15, 0.2) is 5.52 Å². The molecule has 106 valence electrons. The number of imidazole rings is 1. The third-order valence-electron chi connectivity index (χ3n) is 3.63. The van der Waals surface area contributed by atoms with Gasteiger partial charge in [0.05, 0.1) is 5.56 Å². The Kier molecular flexibility index (Phi) is 4.32. The van der Waals surface area contributed by atoms with E-state index in [1.54, 1.807) is 18.3 Å². The number of nitrogens with one attached hydrogen (secondary N) is 1. The second-order valence-corrected chi connectivity index (χ2v) is 5.02. The molecule has 0 saturated carbocycles. The van der Waals surface area contributed by atoms with Crippen molar-refractivity contribution in [3.8, 4) is 22.8 Å². The number of pyridine rings is 1. The summed E-state index contributed by atoms with van der Waals surface area (Å²) in [5.41, 5.74) is 3.28. The molecule has 0 atom stereocenters. The summed E-state index contributed by atoms with van der Waals surface area (Å²) in [7, 11) is 0. The first-order valence-electron chi connectivity index (χ1n) is 7.05. The van der Waals surface area contributed by atoms with Crippen LogP contribution < -0.4 is 10.1 Å². The molecule has 0 saturated heterocycles. The molecular formula is C18H13MgN3O+2. The zero-order valence-corrected chi connectivity index (χ0v) is 13.9. The van der Waals surface area contributed by atoms with Gasteiger partial charge in [-0.1, -0.05) is 42.1 Å². The van der Waals surface area contributed by atoms with Crippen molar-refractivity contribution in [1.29, 1.82) is 0 Å². The first-order chi connectivity index (χ1) is 10.8. The molecule has 4 nitrogen and oxygen atoms in total. The van der Waals surface area contributed by atoms with Crippen molar-refractivity contribution in [2.45, 2.75) is 0 Å². The number of aromatic amines is 1. The molecule has 4 rings (SSSR count). The van der Waals surface area contributed by atoms with E-state index in [2.05, 4.69) is 9.97 Å². The van der Waals surface area contributed by atoms with Crippen molar-refractivity contribution in [2.24, 2.45) is 0 Å². The van der Waals surface area contributed by atoms with E-state index in [0.717, 1.165) is 22.7 Å². The molecule has 5 heteroatoms. The summed E-state index contributed by atoms with van der Waals surface area (Å²) in [6.07, 6.45) is 1.75. The monoisotopic (exact) mass is 311 g/mol. The van der Waals surface area contributed by atoms with Gasteiger partial charge in [-0.2, -0.15) is 4.57 Å². The van der Waals surface area contributed by atoms with E-state index in [1.807, 2.05) is 59.2 Å². The molecule has 0 spiro atoms. The molecule has 23 heavy (non-hydrogen) atoms. The molecule has 0 bridgehead atoms. The van der Waals surface area contributed by atoms with E-state index in [9.17, 15) is 5.11 Å². The number of hydrogen-bond donors (Lipinski definition) is 0. The molecule has 0 radical (unpaired) electrons. The Morgan fingerprint density at radius 3 is 2.39 bits per heavy atom. The van der Waals surface area contributed by atoms with Crippen LogP contribution in [-0.2, 0) is 0 Å². The fourth-order valence-electron chi connectivity index (χ4n) is 2.64.